The first kappa shape index (κ1) is 17.1. The van der Waals surface area contributed by atoms with Crippen LogP contribution in [-0.2, 0) is 9.53 Å². The Labute approximate surface area is 127 Å². The molecule has 0 saturated heterocycles. The van der Waals surface area contributed by atoms with E-state index in [1.54, 1.807) is 6.92 Å². The fraction of sp³-hybridized carbons (Fsp3) is 0.538. The van der Waals surface area contributed by atoms with Gasteiger partial charge in [0, 0.05) is 13.5 Å². The summed E-state index contributed by atoms with van der Waals surface area (Å²) in [6, 6.07) is -0.520. The van der Waals surface area contributed by atoms with Crippen LogP contribution in [0.2, 0.25) is 0 Å². The summed E-state index contributed by atoms with van der Waals surface area (Å²) in [6.07, 6.45) is 0.844. The second kappa shape index (κ2) is 7.72. The van der Waals surface area contributed by atoms with Gasteiger partial charge in [-0.25, -0.2) is 9.78 Å². The Balaban J connectivity index is 2.87. The summed E-state index contributed by atoms with van der Waals surface area (Å²) in [6.45, 7) is 5.58. The van der Waals surface area contributed by atoms with Crippen molar-refractivity contribution in [2.45, 2.75) is 33.2 Å². The smallest absolute Gasteiger partial charge is 0.358 e. The number of Topliss-reactive ketones (excluding diaryl/α,β-unsaturated/α-hetero) is 1. The van der Waals surface area contributed by atoms with Crippen molar-refractivity contribution in [3.8, 4) is 0 Å². The molecule has 21 heavy (non-hydrogen) atoms. The molecule has 2 N–H and O–H groups in total. The maximum Gasteiger partial charge on any atom is 0.358 e. The number of carbonyl (C=O) groups is 3. The third-order valence-electron chi connectivity index (χ3n) is 2.61. The lowest BCUT2D eigenvalue weighted by Crippen LogP contribution is -2.37. The zero-order valence-electron chi connectivity index (χ0n) is 12.5. The molecule has 116 valence electrons. The molecule has 0 bridgehead atoms. The highest BCUT2D eigenvalue weighted by molar-refractivity contribution is 7.17. The van der Waals surface area contributed by atoms with Crippen LogP contribution in [0.25, 0.3) is 0 Å². The number of nitrogens with zero attached hydrogens (tertiary/aromatic N) is 1. The largest absolute Gasteiger partial charge is 0.464 e. The zero-order valence-corrected chi connectivity index (χ0v) is 13.3. The second-order valence-electron chi connectivity index (χ2n) is 4.40. The van der Waals surface area contributed by atoms with Crippen LogP contribution in [0.4, 0.5) is 5.13 Å². The van der Waals surface area contributed by atoms with Crippen LogP contribution in [0.15, 0.2) is 0 Å². The van der Waals surface area contributed by atoms with Crippen molar-refractivity contribution in [3.63, 3.8) is 0 Å². The number of ether oxygens (including phenoxy) is 1. The molecule has 0 radical (unpaired) electrons. The molecule has 0 saturated carbocycles. The topological polar surface area (TPSA) is 97.4 Å². The number of hydrogen-bond acceptors (Lipinski definition) is 7. The molecule has 0 aliphatic heterocycles. The first-order valence-electron chi connectivity index (χ1n) is 6.55. The van der Waals surface area contributed by atoms with Gasteiger partial charge in [-0.1, -0.05) is 18.3 Å². The predicted molar refractivity (Wildman–Crippen MR) is 79.8 cm³/mol. The molecular weight excluding hydrogens is 294 g/mol. The van der Waals surface area contributed by atoms with E-state index in [9.17, 15) is 14.4 Å². The summed E-state index contributed by atoms with van der Waals surface area (Å²) >= 11 is 1.03. The van der Waals surface area contributed by atoms with Crippen LogP contribution in [-0.4, -0.2) is 42.3 Å². The Morgan fingerprint density at radius 3 is 2.57 bits per heavy atom. The lowest BCUT2D eigenvalue weighted by atomic mass is 10.3. The van der Waals surface area contributed by atoms with Crippen LogP contribution in [0, 0.1) is 0 Å². The third kappa shape index (κ3) is 4.52. The van der Waals surface area contributed by atoms with Crippen molar-refractivity contribution in [1.29, 1.82) is 0 Å². The summed E-state index contributed by atoms with van der Waals surface area (Å²) in [5.41, 5.74) is -0.0290. The standard InChI is InChI=1S/C13H19N3O4S/c1-5-6-14-11(18)7(2)15-13-16-9(12(19)20-4)10(21-13)8(3)17/h7H,5-6H2,1-4H3,(H,14,18)(H,15,16). The van der Waals surface area contributed by atoms with Gasteiger partial charge in [-0.2, -0.15) is 0 Å². The van der Waals surface area contributed by atoms with Crippen LogP contribution < -0.4 is 10.6 Å². The minimum absolute atomic E-state index is 0.0290. The number of amides is 1. The lowest BCUT2D eigenvalue weighted by Gasteiger charge is -2.12. The van der Waals surface area contributed by atoms with E-state index < -0.39 is 12.0 Å². The molecule has 1 unspecified atom stereocenters. The average Bonchev–Trinajstić information content (AvgIpc) is 2.87. The molecule has 1 amide bonds. The Morgan fingerprint density at radius 1 is 1.38 bits per heavy atom. The van der Waals surface area contributed by atoms with Crippen LogP contribution >= 0.6 is 11.3 Å². The van der Waals surface area contributed by atoms with Gasteiger partial charge in [0.1, 0.15) is 10.9 Å². The van der Waals surface area contributed by atoms with E-state index in [0.717, 1.165) is 17.8 Å². The number of rotatable bonds is 7. The van der Waals surface area contributed by atoms with E-state index in [1.807, 2.05) is 6.92 Å². The number of methoxy groups -OCH3 is 1. The van der Waals surface area contributed by atoms with Crippen LogP contribution in [0.3, 0.4) is 0 Å². The molecule has 0 aliphatic carbocycles. The van der Waals surface area contributed by atoms with Crippen LogP contribution in [0.5, 0.6) is 0 Å². The second-order valence-corrected chi connectivity index (χ2v) is 5.40. The normalized spacial score (nSPS) is 11.6. The van der Waals surface area contributed by atoms with Gasteiger partial charge in [0.15, 0.2) is 16.6 Å². The molecular formula is C13H19N3O4S. The highest BCUT2D eigenvalue weighted by Gasteiger charge is 2.23. The molecule has 0 aromatic carbocycles. The van der Waals surface area contributed by atoms with Crippen LogP contribution in [0.1, 0.15) is 47.4 Å². The van der Waals surface area contributed by atoms with Crippen molar-refractivity contribution in [1.82, 2.24) is 10.3 Å². The van der Waals surface area contributed by atoms with Crippen molar-refractivity contribution >= 4 is 34.1 Å². The monoisotopic (exact) mass is 313 g/mol. The van der Waals surface area contributed by atoms with E-state index in [2.05, 4.69) is 20.4 Å². The van der Waals surface area contributed by atoms with E-state index in [0.29, 0.717) is 11.7 Å². The Hall–Kier alpha value is -1.96. The summed E-state index contributed by atoms with van der Waals surface area (Å²) in [4.78, 5) is 39.1. The number of aromatic nitrogens is 1. The molecule has 7 nitrogen and oxygen atoms in total. The quantitative estimate of drug-likeness (QED) is 0.584. The number of thiazole rings is 1. The Kier molecular flexibility index (Phi) is 6.29. The van der Waals surface area contributed by atoms with E-state index in [1.165, 1.54) is 14.0 Å². The molecule has 1 aromatic heterocycles. The maximum atomic E-state index is 11.8. The number of ketones is 1. The van der Waals surface area contributed by atoms with E-state index in [-0.39, 0.29) is 22.3 Å². The van der Waals surface area contributed by atoms with Gasteiger partial charge >= 0.3 is 5.97 Å². The highest BCUT2D eigenvalue weighted by Crippen LogP contribution is 2.24. The van der Waals surface area contributed by atoms with Gasteiger partial charge in [0.2, 0.25) is 5.91 Å². The predicted octanol–water partition coefficient (Wildman–Crippen LogP) is 1.46. The van der Waals surface area contributed by atoms with Crippen molar-refractivity contribution < 1.29 is 19.1 Å². The lowest BCUT2D eigenvalue weighted by molar-refractivity contribution is -0.121. The zero-order chi connectivity index (χ0) is 16.0. The molecule has 0 spiro atoms. The number of hydrogen-bond donors (Lipinski definition) is 2. The summed E-state index contributed by atoms with van der Waals surface area (Å²) in [5.74, 6) is -1.12. The van der Waals surface area contributed by atoms with E-state index >= 15 is 0 Å². The fourth-order valence-corrected chi connectivity index (χ4v) is 2.44. The number of esters is 1. The summed E-state index contributed by atoms with van der Waals surface area (Å²) < 4.78 is 4.59. The van der Waals surface area contributed by atoms with Crippen molar-refractivity contribution in [2.24, 2.45) is 0 Å². The Morgan fingerprint density at radius 2 is 2.05 bits per heavy atom. The molecule has 1 heterocycles. The highest BCUT2D eigenvalue weighted by atomic mass is 32.1. The van der Waals surface area contributed by atoms with Gasteiger partial charge in [0.25, 0.3) is 0 Å². The summed E-state index contributed by atoms with van der Waals surface area (Å²) in [5, 5.41) is 5.96. The third-order valence-corrected chi connectivity index (χ3v) is 3.70. The van der Waals surface area contributed by atoms with Gasteiger partial charge in [0.05, 0.1) is 7.11 Å². The van der Waals surface area contributed by atoms with Crippen molar-refractivity contribution in [2.75, 3.05) is 19.0 Å². The minimum atomic E-state index is -0.674. The molecule has 0 aliphatic rings. The molecule has 1 rings (SSSR count). The van der Waals surface area contributed by atoms with Crippen molar-refractivity contribution in [3.05, 3.63) is 10.6 Å². The molecule has 1 aromatic rings. The van der Waals surface area contributed by atoms with Gasteiger partial charge in [-0.05, 0) is 13.3 Å². The Bertz CT molecular complexity index is 542. The number of anilines is 1. The van der Waals surface area contributed by atoms with E-state index in [4.69, 9.17) is 0 Å². The number of carbonyl (C=O) groups excluding carboxylic acids is 3. The fourth-order valence-electron chi connectivity index (χ4n) is 1.51. The molecule has 8 heteroatoms. The molecule has 0 fully saturated rings. The maximum absolute atomic E-state index is 11.8. The van der Waals surface area contributed by atoms with Gasteiger partial charge in [-0.3, -0.25) is 9.59 Å². The summed E-state index contributed by atoms with van der Waals surface area (Å²) in [7, 11) is 1.22. The average molecular weight is 313 g/mol. The molecule has 1 atom stereocenters. The first-order valence-corrected chi connectivity index (χ1v) is 7.36. The first-order chi connectivity index (χ1) is 9.90. The van der Waals surface area contributed by atoms with Gasteiger partial charge in [-0.15, -0.1) is 0 Å². The van der Waals surface area contributed by atoms with Gasteiger partial charge < -0.3 is 15.4 Å². The minimum Gasteiger partial charge on any atom is -0.464 e. The SMILES string of the molecule is CCCNC(=O)C(C)Nc1nc(C(=O)OC)c(C(C)=O)s1. The number of nitrogens with one attached hydrogen (secondary N) is 2.